The van der Waals surface area contributed by atoms with Crippen molar-refractivity contribution in [2.75, 3.05) is 5.75 Å². The Bertz CT molecular complexity index is 604. The van der Waals surface area contributed by atoms with Gasteiger partial charge in [-0.2, -0.15) is 16.9 Å². The lowest BCUT2D eigenvalue weighted by atomic mass is 10.0. The van der Waals surface area contributed by atoms with E-state index in [4.69, 9.17) is 0 Å². The summed E-state index contributed by atoms with van der Waals surface area (Å²) in [4.78, 5) is 11.4. The Balaban J connectivity index is 2.07. The average molecular weight is 258 g/mol. The Kier molecular flexibility index (Phi) is 2.96. The summed E-state index contributed by atoms with van der Waals surface area (Å²) in [5, 5.41) is 7.54. The lowest BCUT2D eigenvalue weighted by Gasteiger charge is -2.11. The lowest BCUT2D eigenvalue weighted by molar-refractivity contribution is 0.101. The highest BCUT2D eigenvalue weighted by Gasteiger charge is 2.18. The van der Waals surface area contributed by atoms with E-state index in [1.165, 1.54) is 11.3 Å². The van der Waals surface area contributed by atoms with Crippen molar-refractivity contribution in [2.45, 2.75) is 19.1 Å². The quantitative estimate of drug-likeness (QED) is 0.842. The van der Waals surface area contributed by atoms with E-state index in [0.29, 0.717) is 0 Å². The number of hydrogen-bond acceptors (Lipinski definition) is 3. The van der Waals surface area contributed by atoms with Crippen LogP contribution in [0.5, 0.6) is 0 Å². The average Bonchev–Trinajstić information content (AvgIpc) is 2.82. The fraction of sp³-hybridized carbons (Fsp3) is 0.286. The Labute approximate surface area is 110 Å². The summed E-state index contributed by atoms with van der Waals surface area (Å²) < 4.78 is 0. The van der Waals surface area contributed by atoms with Gasteiger partial charge in [-0.15, -0.1) is 0 Å². The molecular weight excluding hydrogens is 244 g/mol. The number of hydrogen-bond donors (Lipinski definition) is 1. The third kappa shape index (κ3) is 1.97. The van der Waals surface area contributed by atoms with Gasteiger partial charge in [-0.1, -0.05) is 18.2 Å². The predicted octanol–water partition coefficient (Wildman–Crippen LogP) is 3.07. The summed E-state index contributed by atoms with van der Waals surface area (Å²) in [5.74, 6) is 2.25. The molecule has 3 nitrogen and oxygen atoms in total. The van der Waals surface area contributed by atoms with Gasteiger partial charge in [0.2, 0.25) is 0 Å². The summed E-state index contributed by atoms with van der Waals surface area (Å²) in [6.07, 6.45) is 1.05. The van der Waals surface area contributed by atoms with E-state index in [1.54, 1.807) is 6.92 Å². The number of carbonyl (C=O) groups excluding carboxylic acids is 1. The SMILES string of the molecule is CC(=O)c1cccc(-c2n[nH]c3c2CSCC3)c1. The third-order valence-corrected chi connectivity index (χ3v) is 4.22. The number of aryl methyl sites for hydroxylation is 1. The smallest absolute Gasteiger partial charge is 0.159 e. The fourth-order valence-electron chi connectivity index (χ4n) is 2.24. The van der Waals surface area contributed by atoms with E-state index in [2.05, 4.69) is 10.2 Å². The molecule has 2 aromatic rings. The van der Waals surface area contributed by atoms with Crippen LogP contribution < -0.4 is 0 Å². The minimum Gasteiger partial charge on any atom is -0.295 e. The number of nitrogens with zero attached hydrogens (tertiary/aromatic N) is 1. The van der Waals surface area contributed by atoms with Gasteiger partial charge in [0, 0.05) is 28.1 Å². The van der Waals surface area contributed by atoms with Gasteiger partial charge in [-0.3, -0.25) is 9.89 Å². The van der Waals surface area contributed by atoms with Crippen molar-refractivity contribution in [1.29, 1.82) is 0 Å². The van der Waals surface area contributed by atoms with Gasteiger partial charge in [0.05, 0.1) is 5.69 Å². The van der Waals surface area contributed by atoms with E-state index in [9.17, 15) is 4.79 Å². The van der Waals surface area contributed by atoms with Crippen molar-refractivity contribution in [3.05, 3.63) is 41.1 Å². The number of Topliss-reactive ketones (excluding diaryl/α,β-unsaturated/α-hetero) is 1. The molecular formula is C14H14N2OS. The second-order valence-corrected chi connectivity index (χ2v) is 5.57. The number of thioether (sulfide) groups is 1. The number of fused-ring (bicyclic) bond motifs is 1. The highest BCUT2D eigenvalue weighted by Crippen LogP contribution is 2.31. The fourth-order valence-corrected chi connectivity index (χ4v) is 3.24. The highest BCUT2D eigenvalue weighted by molar-refractivity contribution is 7.98. The monoisotopic (exact) mass is 258 g/mol. The number of rotatable bonds is 2. The molecule has 0 bridgehead atoms. The molecule has 18 heavy (non-hydrogen) atoms. The number of carbonyl (C=O) groups is 1. The van der Waals surface area contributed by atoms with Crippen LogP contribution in [0.3, 0.4) is 0 Å². The zero-order valence-electron chi connectivity index (χ0n) is 10.2. The lowest BCUT2D eigenvalue weighted by Crippen LogP contribution is -2.01. The summed E-state index contributed by atoms with van der Waals surface area (Å²) in [6.45, 7) is 1.59. The zero-order chi connectivity index (χ0) is 12.5. The number of aromatic amines is 1. The van der Waals surface area contributed by atoms with Crippen molar-refractivity contribution in [2.24, 2.45) is 0 Å². The number of ketones is 1. The van der Waals surface area contributed by atoms with Gasteiger partial charge >= 0.3 is 0 Å². The molecule has 0 saturated carbocycles. The largest absolute Gasteiger partial charge is 0.295 e. The molecule has 0 amide bonds. The molecule has 0 aliphatic carbocycles. The van der Waals surface area contributed by atoms with E-state index < -0.39 is 0 Å². The van der Waals surface area contributed by atoms with E-state index in [-0.39, 0.29) is 5.78 Å². The molecule has 1 aliphatic heterocycles. The first-order chi connectivity index (χ1) is 8.75. The van der Waals surface area contributed by atoms with Crippen molar-refractivity contribution in [1.82, 2.24) is 10.2 Å². The molecule has 0 saturated heterocycles. The molecule has 1 aliphatic rings. The molecule has 1 aromatic heterocycles. The van der Waals surface area contributed by atoms with Crippen molar-refractivity contribution in [3.8, 4) is 11.3 Å². The van der Waals surface area contributed by atoms with Crippen LogP contribution in [0, 0.1) is 0 Å². The van der Waals surface area contributed by atoms with E-state index >= 15 is 0 Å². The maximum Gasteiger partial charge on any atom is 0.159 e. The van der Waals surface area contributed by atoms with Gasteiger partial charge in [0.15, 0.2) is 5.78 Å². The van der Waals surface area contributed by atoms with E-state index in [0.717, 1.165) is 34.7 Å². The summed E-state index contributed by atoms with van der Waals surface area (Å²) in [5.41, 5.74) is 5.32. The molecule has 0 atom stereocenters. The molecule has 92 valence electrons. The van der Waals surface area contributed by atoms with Gasteiger partial charge in [-0.05, 0) is 25.2 Å². The zero-order valence-corrected chi connectivity index (χ0v) is 11.0. The second kappa shape index (κ2) is 4.61. The minimum atomic E-state index is 0.0932. The van der Waals surface area contributed by atoms with Crippen molar-refractivity contribution in [3.63, 3.8) is 0 Å². The molecule has 3 rings (SSSR count). The summed E-state index contributed by atoms with van der Waals surface area (Å²) in [7, 11) is 0. The Morgan fingerprint density at radius 3 is 3.17 bits per heavy atom. The van der Waals surface area contributed by atoms with Crippen LogP contribution in [0.2, 0.25) is 0 Å². The molecule has 0 spiro atoms. The second-order valence-electron chi connectivity index (χ2n) is 4.47. The molecule has 4 heteroatoms. The Morgan fingerprint density at radius 1 is 1.44 bits per heavy atom. The molecule has 0 unspecified atom stereocenters. The van der Waals surface area contributed by atoms with Crippen LogP contribution in [0.1, 0.15) is 28.5 Å². The first-order valence-electron chi connectivity index (χ1n) is 6.01. The van der Waals surface area contributed by atoms with Gasteiger partial charge < -0.3 is 0 Å². The standard InChI is InChI=1S/C14H14N2OS/c1-9(17)10-3-2-4-11(7-10)14-12-8-18-6-5-13(12)15-16-14/h2-4,7H,5-6,8H2,1H3,(H,15,16). The minimum absolute atomic E-state index is 0.0932. The Morgan fingerprint density at radius 2 is 2.33 bits per heavy atom. The van der Waals surface area contributed by atoms with Crippen LogP contribution in [0.15, 0.2) is 24.3 Å². The van der Waals surface area contributed by atoms with E-state index in [1.807, 2.05) is 36.0 Å². The summed E-state index contributed by atoms with van der Waals surface area (Å²) in [6, 6.07) is 7.71. The number of H-pyrrole nitrogens is 1. The Hall–Kier alpha value is -1.55. The van der Waals surface area contributed by atoms with Crippen LogP contribution in [0.4, 0.5) is 0 Å². The molecule has 2 heterocycles. The third-order valence-electron chi connectivity index (χ3n) is 3.24. The van der Waals surface area contributed by atoms with Crippen LogP contribution in [-0.4, -0.2) is 21.7 Å². The van der Waals surface area contributed by atoms with Gasteiger partial charge in [0.1, 0.15) is 0 Å². The molecule has 0 radical (unpaired) electrons. The van der Waals surface area contributed by atoms with Crippen LogP contribution in [0.25, 0.3) is 11.3 Å². The van der Waals surface area contributed by atoms with Gasteiger partial charge in [0.25, 0.3) is 0 Å². The van der Waals surface area contributed by atoms with Gasteiger partial charge in [-0.25, -0.2) is 0 Å². The number of benzene rings is 1. The van der Waals surface area contributed by atoms with Crippen LogP contribution >= 0.6 is 11.8 Å². The number of aromatic nitrogens is 2. The van der Waals surface area contributed by atoms with Crippen molar-refractivity contribution >= 4 is 17.5 Å². The van der Waals surface area contributed by atoms with Crippen LogP contribution in [-0.2, 0) is 12.2 Å². The van der Waals surface area contributed by atoms with Crippen molar-refractivity contribution < 1.29 is 4.79 Å². The first kappa shape index (κ1) is 11.5. The topological polar surface area (TPSA) is 45.8 Å². The molecule has 1 N–H and O–H groups in total. The normalized spacial score (nSPS) is 14.3. The summed E-state index contributed by atoms with van der Waals surface area (Å²) >= 11 is 1.93. The highest BCUT2D eigenvalue weighted by atomic mass is 32.2. The maximum absolute atomic E-state index is 11.4. The maximum atomic E-state index is 11.4. The first-order valence-corrected chi connectivity index (χ1v) is 7.16. The molecule has 1 aromatic carbocycles. The molecule has 0 fully saturated rings. The number of nitrogens with one attached hydrogen (secondary N) is 1. The predicted molar refractivity (Wildman–Crippen MR) is 73.9 cm³/mol.